The van der Waals surface area contributed by atoms with Crippen LogP contribution in [0.5, 0.6) is 0 Å². The molecule has 3 nitrogen and oxygen atoms in total. The monoisotopic (exact) mass is 247 g/mol. The van der Waals surface area contributed by atoms with Gasteiger partial charge in [0.15, 0.2) is 0 Å². The van der Waals surface area contributed by atoms with Crippen LogP contribution < -0.4 is 5.32 Å². The average molecular weight is 248 g/mol. The van der Waals surface area contributed by atoms with Crippen LogP contribution in [-0.2, 0) is 6.54 Å². The molecule has 1 saturated heterocycles. The summed E-state index contributed by atoms with van der Waals surface area (Å²) in [7, 11) is 2.19. The smallest absolute Gasteiger partial charge is 0.0794 e. The number of hydrogen-bond acceptors (Lipinski definition) is 4. The first-order valence-electron chi connectivity index (χ1n) is 5.11. The largest absolute Gasteiger partial charge is 0.316 e. The molecular formula is C10H18ClN3S. The van der Waals surface area contributed by atoms with Crippen molar-refractivity contribution in [2.45, 2.75) is 13.0 Å². The fourth-order valence-electron chi connectivity index (χ4n) is 1.96. The third kappa shape index (κ3) is 4.07. The van der Waals surface area contributed by atoms with Gasteiger partial charge in [-0.1, -0.05) is 0 Å². The maximum atomic E-state index is 4.09. The molecule has 1 aliphatic heterocycles. The lowest BCUT2D eigenvalue weighted by Gasteiger charge is -2.19. The Hall–Kier alpha value is -0.160. The molecule has 1 aromatic heterocycles. The lowest BCUT2D eigenvalue weighted by molar-refractivity contribution is 0.280. The molecule has 0 saturated carbocycles. The van der Waals surface area contributed by atoms with Gasteiger partial charge in [0.25, 0.3) is 0 Å². The highest BCUT2D eigenvalue weighted by Crippen LogP contribution is 2.12. The number of hydrogen-bond donors (Lipinski definition) is 1. The van der Waals surface area contributed by atoms with Crippen molar-refractivity contribution in [3.63, 3.8) is 0 Å². The molecule has 0 bridgehead atoms. The van der Waals surface area contributed by atoms with Crippen LogP contribution in [0.2, 0.25) is 0 Å². The molecule has 1 aromatic rings. The van der Waals surface area contributed by atoms with E-state index >= 15 is 0 Å². The minimum atomic E-state index is 0. The first-order valence-corrected chi connectivity index (χ1v) is 5.99. The Labute approximate surface area is 101 Å². The molecule has 0 amide bonds. The molecule has 86 valence electrons. The van der Waals surface area contributed by atoms with Crippen molar-refractivity contribution in [2.75, 3.05) is 26.7 Å². The Morgan fingerprint density at radius 2 is 2.53 bits per heavy atom. The summed E-state index contributed by atoms with van der Waals surface area (Å²) in [6, 6.07) is 0. The predicted molar refractivity (Wildman–Crippen MR) is 66.7 cm³/mol. The second-order valence-corrected chi connectivity index (χ2v) is 4.99. The van der Waals surface area contributed by atoms with E-state index in [1.807, 2.05) is 11.7 Å². The van der Waals surface area contributed by atoms with Crippen molar-refractivity contribution in [3.05, 3.63) is 16.6 Å². The summed E-state index contributed by atoms with van der Waals surface area (Å²) >= 11 is 1.74. The summed E-state index contributed by atoms with van der Waals surface area (Å²) in [5, 5.41) is 3.40. The lowest BCUT2D eigenvalue weighted by atomic mass is 10.1. The molecule has 15 heavy (non-hydrogen) atoms. The van der Waals surface area contributed by atoms with Crippen LogP contribution in [0, 0.1) is 5.92 Å². The predicted octanol–water partition coefficient (Wildman–Crippen LogP) is 1.61. The molecule has 0 radical (unpaired) electrons. The Kier molecular flexibility index (Phi) is 5.53. The van der Waals surface area contributed by atoms with Crippen LogP contribution in [-0.4, -0.2) is 36.6 Å². The van der Waals surface area contributed by atoms with E-state index in [1.54, 1.807) is 11.3 Å². The van der Waals surface area contributed by atoms with E-state index in [1.165, 1.54) is 30.9 Å². The lowest BCUT2D eigenvalue weighted by Crippen LogP contribution is -2.26. The van der Waals surface area contributed by atoms with E-state index in [0.717, 1.165) is 12.5 Å². The van der Waals surface area contributed by atoms with Gasteiger partial charge in [-0.25, -0.2) is 0 Å². The van der Waals surface area contributed by atoms with Crippen molar-refractivity contribution < 1.29 is 0 Å². The van der Waals surface area contributed by atoms with Crippen LogP contribution in [0.25, 0.3) is 0 Å². The second-order valence-electron chi connectivity index (χ2n) is 4.02. The van der Waals surface area contributed by atoms with Gasteiger partial charge in [-0.05, 0) is 32.5 Å². The van der Waals surface area contributed by atoms with Gasteiger partial charge in [-0.3, -0.25) is 4.98 Å². The summed E-state index contributed by atoms with van der Waals surface area (Å²) in [4.78, 5) is 7.84. The van der Waals surface area contributed by atoms with Crippen LogP contribution in [0.3, 0.4) is 0 Å². The first-order chi connectivity index (χ1) is 6.84. The van der Waals surface area contributed by atoms with E-state index < -0.39 is 0 Å². The standard InChI is InChI=1S/C10H17N3S.ClH/c1-13(6-9-2-3-11-4-9)7-10-5-12-8-14-10;/h5,8-9,11H,2-4,6-7H2,1H3;1H. The van der Waals surface area contributed by atoms with E-state index in [9.17, 15) is 0 Å². The normalized spacial score (nSPS) is 20.5. The minimum Gasteiger partial charge on any atom is -0.316 e. The topological polar surface area (TPSA) is 28.2 Å². The zero-order chi connectivity index (χ0) is 9.80. The van der Waals surface area contributed by atoms with Gasteiger partial charge in [-0.15, -0.1) is 23.7 Å². The number of nitrogens with one attached hydrogen (secondary N) is 1. The van der Waals surface area contributed by atoms with Gasteiger partial charge in [0, 0.05) is 24.2 Å². The fraction of sp³-hybridized carbons (Fsp3) is 0.700. The molecule has 2 rings (SSSR count). The summed E-state index contributed by atoms with van der Waals surface area (Å²) in [5.74, 6) is 0.841. The van der Waals surface area contributed by atoms with E-state index in [2.05, 4.69) is 22.2 Å². The van der Waals surface area contributed by atoms with Crippen LogP contribution >= 0.6 is 23.7 Å². The van der Waals surface area contributed by atoms with Crippen molar-refractivity contribution in [3.8, 4) is 0 Å². The summed E-state index contributed by atoms with van der Waals surface area (Å²) in [5.41, 5.74) is 1.90. The van der Waals surface area contributed by atoms with Gasteiger partial charge < -0.3 is 10.2 Å². The van der Waals surface area contributed by atoms with Gasteiger partial charge >= 0.3 is 0 Å². The van der Waals surface area contributed by atoms with Crippen LogP contribution in [0.4, 0.5) is 0 Å². The van der Waals surface area contributed by atoms with Crippen LogP contribution in [0.1, 0.15) is 11.3 Å². The van der Waals surface area contributed by atoms with Gasteiger partial charge in [-0.2, -0.15) is 0 Å². The van der Waals surface area contributed by atoms with E-state index in [-0.39, 0.29) is 12.4 Å². The molecule has 1 atom stereocenters. The van der Waals surface area contributed by atoms with Crippen LogP contribution in [0.15, 0.2) is 11.7 Å². The molecule has 0 aliphatic carbocycles. The summed E-state index contributed by atoms with van der Waals surface area (Å²) < 4.78 is 0. The third-order valence-electron chi connectivity index (χ3n) is 2.64. The maximum absolute atomic E-state index is 4.09. The van der Waals surface area contributed by atoms with Crippen molar-refractivity contribution in [2.24, 2.45) is 5.92 Å². The third-order valence-corrected chi connectivity index (χ3v) is 3.41. The zero-order valence-corrected chi connectivity index (χ0v) is 10.6. The minimum absolute atomic E-state index is 0. The zero-order valence-electron chi connectivity index (χ0n) is 8.98. The Morgan fingerprint density at radius 3 is 3.13 bits per heavy atom. The highest BCUT2D eigenvalue weighted by Gasteiger charge is 2.16. The quantitative estimate of drug-likeness (QED) is 0.876. The van der Waals surface area contributed by atoms with Crippen molar-refractivity contribution >= 4 is 23.7 Å². The van der Waals surface area contributed by atoms with Crippen molar-refractivity contribution in [1.82, 2.24) is 15.2 Å². The Morgan fingerprint density at radius 1 is 1.67 bits per heavy atom. The van der Waals surface area contributed by atoms with Crippen molar-refractivity contribution in [1.29, 1.82) is 0 Å². The van der Waals surface area contributed by atoms with Gasteiger partial charge in [0.1, 0.15) is 0 Å². The van der Waals surface area contributed by atoms with E-state index in [0.29, 0.717) is 0 Å². The molecule has 0 spiro atoms. The number of thiazole rings is 1. The van der Waals surface area contributed by atoms with Gasteiger partial charge in [0.2, 0.25) is 0 Å². The second kappa shape index (κ2) is 6.43. The fourth-order valence-corrected chi connectivity index (χ4v) is 2.64. The molecule has 0 aromatic carbocycles. The maximum Gasteiger partial charge on any atom is 0.0794 e. The average Bonchev–Trinajstić information content (AvgIpc) is 2.76. The van der Waals surface area contributed by atoms with E-state index in [4.69, 9.17) is 0 Å². The summed E-state index contributed by atoms with van der Waals surface area (Å²) in [6.45, 7) is 4.62. The highest BCUT2D eigenvalue weighted by atomic mass is 35.5. The number of nitrogens with zero attached hydrogens (tertiary/aromatic N) is 2. The number of aromatic nitrogens is 1. The Balaban J connectivity index is 0.00000112. The molecule has 1 fully saturated rings. The number of rotatable bonds is 4. The number of halogens is 1. The van der Waals surface area contributed by atoms with Gasteiger partial charge in [0.05, 0.1) is 5.51 Å². The molecule has 1 unspecified atom stereocenters. The molecular weight excluding hydrogens is 230 g/mol. The molecule has 1 N–H and O–H groups in total. The highest BCUT2D eigenvalue weighted by molar-refractivity contribution is 7.09. The molecule has 1 aliphatic rings. The SMILES string of the molecule is CN(Cc1cncs1)CC1CCNC1.Cl. The summed E-state index contributed by atoms with van der Waals surface area (Å²) in [6.07, 6.45) is 3.29. The Bertz CT molecular complexity index is 260. The molecule has 5 heteroatoms. The first kappa shape index (κ1) is 12.9. The molecule has 2 heterocycles.